The standard InChI is InChI=1S/C12H23OSi2.C5H5.2ClH.Zr/c1-7-12(13-15(4,5)6)8-11(14)9(2)10(12)3;1-2-4-5-3-1;;;/h7H2,1-6,14H3;1-3H,4H2;2*1H;. The second-order valence-corrected chi connectivity index (χ2v) is 15.9. The number of hydrogen-bond acceptors (Lipinski definition) is 1. The molecule has 0 N–H and O–H groups in total. The molecule has 6 heteroatoms. The van der Waals surface area contributed by atoms with E-state index in [4.69, 9.17) is 4.43 Å². The van der Waals surface area contributed by atoms with Gasteiger partial charge in [-0.25, -0.2) is 0 Å². The van der Waals surface area contributed by atoms with Gasteiger partial charge >= 0.3 is 146 Å². The van der Waals surface area contributed by atoms with Crippen LogP contribution in [0.2, 0.25) is 19.6 Å². The predicted octanol–water partition coefficient (Wildman–Crippen LogP) is 4.68. The van der Waals surface area contributed by atoms with Gasteiger partial charge in [-0.2, -0.15) is 0 Å². The van der Waals surface area contributed by atoms with E-state index in [2.05, 4.69) is 58.6 Å². The van der Waals surface area contributed by atoms with Crippen molar-refractivity contribution in [2.45, 2.75) is 58.9 Å². The monoisotopic (exact) mass is 466 g/mol. The molecule has 0 spiro atoms. The fraction of sp³-hybridized carbons (Fsp3) is 0.529. The zero-order chi connectivity index (χ0) is 15.8. The van der Waals surface area contributed by atoms with E-state index >= 15 is 0 Å². The van der Waals surface area contributed by atoms with E-state index in [0.717, 1.165) is 16.7 Å². The van der Waals surface area contributed by atoms with Gasteiger partial charge in [0.2, 0.25) is 0 Å². The predicted molar refractivity (Wildman–Crippen MR) is 109 cm³/mol. The molecule has 0 fully saturated rings. The Bertz CT molecular complexity index is 574. The second kappa shape index (κ2) is 8.96. The Morgan fingerprint density at radius 1 is 1.26 bits per heavy atom. The first-order chi connectivity index (χ1) is 9.71. The Morgan fingerprint density at radius 2 is 1.87 bits per heavy atom. The van der Waals surface area contributed by atoms with Crippen LogP contribution in [0.1, 0.15) is 33.6 Å². The third kappa shape index (κ3) is 4.92. The average molecular weight is 469 g/mol. The number of allylic oxidation sites excluding steroid dienone is 6. The van der Waals surface area contributed by atoms with Crippen LogP contribution >= 0.6 is 24.8 Å². The van der Waals surface area contributed by atoms with Crippen LogP contribution in [0.4, 0.5) is 0 Å². The Labute approximate surface area is 170 Å². The normalized spacial score (nSPS) is 23.8. The summed E-state index contributed by atoms with van der Waals surface area (Å²) in [6, 6.07) is 0. The van der Waals surface area contributed by atoms with E-state index in [1.807, 2.05) is 0 Å². The second-order valence-electron chi connectivity index (χ2n) is 7.09. The SMILES string of the molecule is CCC1(O[Si](C)(C)C)C(C)=C(C)C([SiH3])=[C]1[Zr][C]1=CC=CC1.Cl.Cl. The first-order valence-corrected chi connectivity index (χ1v) is 14.8. The number of hydrogen-bond donors (Lipinski definition) is 0. The molecule has 0 saturated heterocycles. The topological polar surface area (TPSA) is 9.23 Å². The summed E-state index contributed by atoms with van der Waals surface area (Å²) >= 11 is -0.689. The molecule has 0 saturated carbocycles. The van der Waals surface area contributed by atoms with Crippen LogP contribution < -0.4 is 0 Å². The van der Waals surface area contributed by atoms with Gasteiger partial charge in [0.15, 0.2) is 0 Å². The molecular weight excluding hydrogens is 438 g/mol. The molecule has 23 heavy (non-hydrogen) atoms. The van der Waals surface area contributed by atoms with Gasteiger partial charge in [0.05, 0.1) is 0 Å². The zero-order valence-electron chi connectivity index (χ0n) is 15.4. The van der Waals surface area contributed by atoms with E-state index in [1.54, 1.807) is 17.3 Å². The molecular formula is C17H30Cl2OSi2Zr. The third-order valence-electron chi connectivity index (χ3n) is 4.54. The first kappa shape index (κ1) is 23.8. The van der Waals surface area contributed by atoms with E-state index in [-0.39, 0.29) is 30.4 Å². The van der Waals surface area contributed by atoms with Crippen molar-refractivity contribution in [3.63, 3.8) is 0 Å². The van der Waals surface area contributed by atoms with Crippen LogP contribution in [-0.4, -0.2) is 24.2 Å². The Kier molecular flexibility index (Phi) is 9.28. The fourth-order valence-electron chi connectivity index (χ4n) is 3.32. The van der Waals surface area contributed by atoms with E-state index in [9.17, 15) is 0 Å². The third-order valence-corrected chi connectivity index (χ3v) is 12.2. The maximum absolute atomic E-state index is 6.85. The minimum atomic E-state index is -1.57. The molecule has 2 aliphatic carbocycles. The molecule has 0 aliphatic heterocycles. The first-order valence-electron chi connectivity index (χ1n) is 7.94. The van der Waals surface area contributed by atoms with Crippen LogP contribution in [0.3, 0.4) is 0 Å². The van der Waals surface area contributed by atoms with Gasteiger partial charge in [-0.15, -0.1) is 24.8 Å². The van der Waals surface area contributed by atoms with Crippen molar-refractivity contribution in [1.82, 2.24) is 0 Å². The van der Waals surface area contributed by atoms with E-state index < -0.39 is 31.6 Å². The van der Waals surface area contributed by atoms with Crippen LogP contribution in [0, 0.1) is 0 Å². The summed E-state index contributed by atoms with van der Waals surface area (Å²) in [6.45, 7) is 14.0. The summed E-state index contributed by atoms with van der Waals surface area (Å²) < 4.78 is 10.3. The summed E-state index contributed by atoms with van der Waals surface area (Å²) in [4.78, 5) is 0. The fourth-order valence-corrected chi connectivity index (χ4v) is 10.7. The molecule has 0 aromatic carbocycles. The Hall–Kier alpha value is 0.817. The minimum Gasteiger partial charge on any atom is -0.147 e. The maximum Gasteiger partial charge on any atom is -0.147 e. The smallest absolute Gasteiger partial charge is 0.147 e. The van der Waals surface area contributed by atoms with Crippen LogP contribution in [0.25, 0.3) is 0 Å². The molecule has 1 unspecified atom stereocenters. The van der Waals surface area contributed by atoms with Crippen molar-refractivity contribution in [3.8, 4) is 0 Å². The van der Waals surface area contributed by atoms with Crippen molar-refractivity contribution in [2.24, 2.45) is 0 Å². The largest absolute Gasteiger partial charge is 0.147 e. The molecule has 2 rings (SSSR count). The van der Waals surface area contributed by atoms with Crippen molar-refractivity contribution in [3.05, 3.63) is 41.1 Å². The Morgan fingerprint density at radius 3 is 2.30 bits per heavy atom. The molecule has 0 amide bonds. The summed E-state index contributed by atoms with van der Waals surface area (Å²) in [5, 5.41) is 1.67. The van der Waals surface area contributed by atoms with Gasteiger partial charge < -0.3 is 0 Å². The quantitative estimate of drug-likeness (QED) is 0.532. The molecule has 0 heterocycles. The van der Waals surface area contributed by atoms with E-state index in [0.29, 0.717) is 0 Å². The summed E-state index contributed by atoms with van der Waals surface area (Å²) in [6.07, 6.45) is 9.20. The molecule has 0 aromatic heterocycles. The molecule has 0 bridgehead atoms. The summed E-state index contributed by atoms with van der Waals surface area (Å²) in [5.41, 5.74) is 3.02. The molecule has 2 aliphatic rings. The minimum absolute atomic E-state index is 0. The van der Waals surface area contributed by atoms with Gasteiger partial charge in [0.25, 0.3) is 0 Å². The molecule has 130 valence electrons. The van der Waals surface area contributed by atoms with Crippen molar-refractivity contribution in [1.29, 1.82) is 0 Å². The van der Waals surface area contributed by atoms with Crippen molar-refractivity contribution >= 4 is 43.4 Å². The summed E-state index contributed by atoms with van der Waals surface area (Å²) in [7, 11) is -0.417. The van der Waals surface area contributed by atoms with Crippen molar-refractivity contribution in [2.75, 3.05) is 0 Å². The van der Waals surface area contributed by atoms with Crippen LogP contribution in [0.5, 0.6) is 0 Å². The maximum atomic E-state index is 6.85. The number of rotatable bonds is 5. The van der Waals surface area contributed by atoms with Gasteiger partial charge in [0.1, 0.15) is 0 Å². The van der Waals surface area contributed by atoms with Crippen LogP contribution in [-0.2, 0) is 27.7 Å². The van der Waals surface area contributed by atoms with Crippen molar-refractivity contribution < 1.29 is 27.7 Å². The van der Waals surface area contributed by atoms with Gasteiger partial charge in [-0.1, -0.05) is 0 Å². The molecule has 0 radical (unpaired) electrons. The average Bonchev–Trinajstić information content (AvgIpc) is 2.96. The zero-order valence-corrected chi connectivity index (χ0v) is 22.5. The van der Waals surface area contributed by atoms with Gasteiger partial charge in [0, 0.05) is 0 Å². The number of halogens is 2. The Balaban J connectivity index is 0.00000242. The van der Waals surface area contributed by atoms with Gasteiger partial charge in [-0.05, 0) is 0 Å². The molecule has 0 aromatic rings. The van der Waals surface area contributed by atoms with Gasteiger partial charge in [-0.3, -0.25) is 0 Å². The summed E-state index contributed by atoms with van der Waals surface area (Å²) in [5.74, 6) is 0. The molecule has 1 nitrogen and oxygen atoms in total. The van der Waals surface area contributed by atoms with Crippen LogP contribution in [0.15, 0.2) is 41.1 Å². The van der Waals surface area contributed by atoms with E-state index in [1.165, 1.54) is 12.0 Å². The molecule has 1 atom stereocenters.